The van der Waals surface area contributed by atoms with Gasteiger partial charge in [0.05, 0.1) is 7.11 Å². The molecule has 0 radical (unpaired) electrons. The third-order valence-corrected chi connectivity index (χ3v) is 6.83. The molecule has 1 atom stereocenters. The smallest absolute Gasteiger partial charge is 0.252 e. The van der Waals surface area contributed by atoms with Crippen molar-refractivity contribution in [2.75, 3.05) is 25.5 Å². The van der Waals surface area contributed by atoms with E-state index in [2.05, 4.69) is 16.0 Å². The van der Waals surface area contributed by atoms with E-state index in [0.717, 1.165) is 24.3 Å². The number of ether oxygens (including phenoxy) is 2. The Morgan fingerprint density at radius 1 is 0.842 bits per heavy atom. The van der Waals surface area contributed by atoms with Gasteiger partial charge in [0.1, 0.15) is 23.3 Å². The average Bonchev–Trinajstić information content (AvgIpc) is 2.96. The van der Waals surface area contributed by atoms with Crippen LogP contribution in [0, 0.1) is 5.92 Å². The molecular weight excluding hydrogens is 478 g/mol. The molecule has 1 aliphatic rings. The predicted molar refractivity (Wildman–Crippen MR) is 150 cm³/mol. The Morgan fingerprint density at radius 3 is 2.32 bits per heavy atom. The van der Waals surface area contributed by atoms with Crippen LogP contribution in [0.1, 0.15) is 48.9 Å². The highest BCUT2D eigenvalue weighted by Crippen LogP contribution is 2.28. The molecule has 2 amide bonds. The molecule has 0 bridgehead atoms. The molecule has 200 valence electrons. The minimum atomic E-state index is -0.592. The first-order chi connectivity index (χ1) is 18.6. The zero-order chi connectivity index (χ0) is 26.6. The van der Waals surface area contributed by atoms with Crippen LogP contribution in [-0.4, -0.2) is 38.1 Å². The molecule has 3 N–H and O–H groups in total. The molecule has 1 aliphatic carbocycles. The van der Waals surface area contributed by atoms with Crippen molar-refractivity contribution in [3.05, 3.63) is 84.4 Å². The molecule has 0 aliphatic heterocycles. The van der Waals surface area contributed by atoms with E-state index in [9.17, 15) is 9.59 Å². The number of benzene rings is 3. The van der Waals surface area contributed by atoms with Crippen LogP contribution in [-0.2, 0) is 4.79 Å². The summed E-state index contributed by atoms with van der Waals surface area (Å²) in [7, 11) is 1.63. The molecule has 38 heavy (non-hydrogen) atoms. The summed E-state index contributed by atoms with van der Waals surface area (Å²) in [5.74, 6) is 2.06. The maximum absolute atomic E-state index is 13.2. The number of hydrogen-bond acceptors (Lipinski definition) is 5. The second kappa shape index (κ2) is 14.1. The summed E-state index contributed by atoms with van der Waals surface area (Å²) < 4.78 is 11.1. The normalized spacial score (nSPS) is 14.2. The minimum Gasteiger partial charge on any atom is -0.497 e. The first-order valence-corrected chi connectivity index (χ1v) is 13.4. The number of hydrogen-bond donors (Lipinski definition) is 3. The Bertz CT molecular complexity index is 1160. The van der Waals surface area contributed by atoms with Gasteiger partial charge in [-0.05, 0) is 66.9 Å². The lowest BCUT2D eigenvalue weighted by atomic mass is 9.84. The van der Waals surface area contributed by atoms with Crippen LogP contribution in [0.25, 0.3) is 0 Å². The average molecular weight is 516 g/mol. The Hall–Kier alpha value is -4.00. The van der Waals surface area contributed by atoms with E-state index in [-0.39, 0.29) is 11.8 Å². The molecule has 0 aromatic heterocycles. The molecular formula is C31H37N3O4. The van der Waals surface area contributed by atoms with Crippen molar-refractivity contribution >= 4 is 17.5 Å². The standard InChI is InChI=1S/C31H37N3O4/c1-37-26-17-15-25(16-18-26)32-19-20-33-31(36)29(21-23-9-4-2-5-10-23)34-30(35)24-11-8-14-28(22-24)38-27-12-6-3-7-13-27/h3,6-8,11-18,22-23,29,32H,2,4-5,9-10,19-21H2,1H3,(H,33,36)(H,34,35)/t29-/m0/s1. The van der Waals surface area contributed by atoms with Gasteiger partial charge < -0.3 is 25.4 Å². The van der Waals surface area contributed by atoms with Crippen molar-refractivity contribution in [1.82, 2.24) is 10.6 Å². The second-order valence-corrected chi connectivity index (χ2v) is 9.66. The number of carbonyl (C=O) groups excluding carboxylic acids is 2. The summed E-state index contributed by atoms with van der Waals surface area (Å²) in [5.41, 5.74) is 1.41. The zero-order valence-electron chi connectivity index (χ0n) is 22.0. The van der Waals surface area contributed by atoms with Crippen LogP contribution in [0.3, 0.4) is 0 Å². The van der Waals surface area contributed by atoms with Crippen molar-refractivity contribution in [2.24, 2.45) is 5.92 Å². The molecule has 1 saturated carbocycles. The van der Waals surface area contributed by atoms with Gasteiger partial charge in [-0.3, -0.25) is 9.59 Å². The van der Waals surface area contributed by atoms with Crippen LogP contribution in [0.15, 0.2) is 78.9 Å². The zero-order valence-corrected chi connectivity index (χ0v) is 22.0. The van der Waals surface area contributed by atoms with Crippen LogP contribution in [0.5, 0.6) is 17.2 Å². The van der Waals surface area contributed by atoms with Gasteiger partial charge in [0.15, 0.2) is 0 Å². The molecule has 0 unspecified atom stereocenters. The molecule has 3 aromatic carbocycles. The van der Waals surface area contributed by atoms with Crippen molar-refractivity contribution in [3.8, 4) is 17.2 Å². The maximum Gasteiger partial charge on any atom is 0.252 e. The van der Waals surface area contributed by atoms with Gasteiger partial charge in [-0.1, -0.05) is 56.4 Å². The van der Waals surface area contributed by atoms with Gasteiger partial charge in [-0.25, -0.2) is 0 Å². The first kappa shape index (κ1) is 27.0. The molecule has 0 spiro atoms. The number of rotatable bonds is 12. The number of nitrogens with one attached hydrogen (secondary N) is 3. The number of carbonyl (C=O) groups is 2. The summed E-state index contributed by atoms with van der Waals surface area (Å²) in [6.07, 6.45) is 6.43. The third kappa shape index (κ3) is 8.26. The summed E-state index contributed by atoms with van der Waals surface area (Å²) in [5, 5.41) is 9.30. The van der Waals surface area contributed by atoms with Crippen molar-refractivity contribution in [2.45, 2.75) is 44.6 Å². The van der Waals surface area contributed by atoms with Crippen LogP contribution >= 0.6 is 0 Å². The van der Waals surface area contributed by atoms with E-state index in [1.165, 1.54) is 19.3 Å². The van der Waals surface area contributed by atoms with Crippen LogP contribution in [0.2, 0.25) is 0 Å². The fourth-order valence-electron chi connectivity index (χ4n) is 4.78. The minimum absolute atomic E-state index is 0.155. The highest BCUT2D eigenvalue weighted by molar-refractivity contribution is 5.97. The fourth-order valence-corrected chi connectivity index (χ4v) is 4.78. The molecule has 3 aromatic rings. The lowest BCUT2D eigenvalue weighted by Crippen LogP contribution is -2.48. The molecule has 7 heteroatoms. The largest absolute Gasteiger partial charge is 0.497 e. The molecule has 0 heterocycles. The Balaban J connectivity index is 1.35. The van der Waals surface area contributed by atoms with Gasteiger partial charge in [-0.15, -0.1) is 0 Å². The fraction of sp³-hybridized carbons (Fsp3) is 0.355. The number of methoxy groups -OCH3 is 1. The Labute approximate surface area is 224 Å². The van der Waals surface area contributed by atoms with Crippen molar-refractivity contribution < 1.29 is 19.1 Å². The van der Waals surface area contributed by atoms with E-state index in [4.69, 9.17) is 9.47 Å². The molecule has 0 saturated heterocycles. The third-order valence-electron chi connectivity index (χ3n) is 6.83. The van der Waals surface area contributed by atoms with Gasteiger partial charge in [0.25, 0.3) is 5.91 Å². The number of anilines is 1. The molecule has 4 rings (SSSR count). The highest BCUT2D eigenvalue weighted by atomic mass is 16.5. The maximum atomic E-state index is 13.2. The Morgan fingerprint density at radius 2 is 1.58 bits per heavy atom. The topological polar surface area (TPSA) is 88.7 Å². The Kier molecular flexibility index (Phi) is 10.0. The summed E-state index contributed by atoms with van der Waals surface area (Å²) in [4.78, 5) is 26.4. The SMILES string of the molecule is COc1ccc(NCCNC(=O)[C@H](CC2CCCCC2)NC(=O)c2cccc(Oc3ccccc3)c2)cc1. The first-order valence-electron chi connectivity index (χ1n) is 13.4. The van der Waals surface area contributed by atoms with Crippen LogP contribution < -0.4 is 25.4 Å². The van der Waals surface area contributed by atoms with Crippen LogP contribution in [0.4, 0.5) is 5.69 Å². The monoisotopic (exact) mass is 515 g/mol. The quantitative estimate of drug-likeness (QED) is 0.266. The summed E-state index contributed by atoms with van der Waals surface area (Å²) >= 11 is 0. The van der Waals surface area contributed by atoms with E-state index < -0.39 is 6.04 Å². The van der Waals surface area contributed by atoms with E-state index in [1.807, 2.05) is 60.7 Å². The van der Waals surface area contributed by atoms with Gasteiger partial charge in [-0.2, -0.15) is 0 Å². The summed E-state index contributed by atoms with van der Waals surface area (Å²) in [6.45, 7) is 1.02. The van der Waals surface area contributed by atoms with Gasteiger partial charge >= 0.3 is 0 Å². The predicted octanol–water partition coefficient (Wildman–Crippen LogP) is 5.78. The van der Waals surface area contributed by atoms with Crippen molar-refractivity contribution in [3.63, 3.8) is 0 Å². The summed E-state index contributed by atoms with van der Waals surface area (Å²) in [6, 6.07) is 23.5. The number of para-hydroxylation sites is 1. The lowest BCUT2D eigenvalue weighted by Gasteiger charge is -2.26. The van der Waals surface area contributed by atoms with Crippen molar-refractivity contribution in [1.29, 1.82) is 0 Å². The highest BCUT2D eigenvalue weighted by Gasteiger charge is 2.26. The molecule has 1 fully saturated rings. The van der Waals surface area contributed by atoms with E-state index >= 15 is 0 Å². The van der Waals surface area contributed by atoms with Gasteiger partial charge in [0, 0.05) is 24.3 Å². The van der Waals surface area contributed by atoms with E-state index in [0.29, 0.717) is 42.5 Å². The van der Waals surface area contributed by atoms with Gasteiger partial charge in [0.2, 0.25) is 5.91 Å². The number of amides is 2. The molecule has 7 nitrogen and oxygen atoms in total. The second-order valence-electron chi connectivity index (χ2n) is 9.66. The lowest BCUT2D eigenvalue weighted by molar-refractivity contribution is -0.123. The van der Waals surface area contributed by atoms with E-state index in [1.54, 1.807) is 25.3 Å².